The molecule has 0 atom stereocenters. The third kappa shape index (κ3) is 2.76. The predicted molar refractivity (Wildman–Crippen MR) is 58.7 cm³/mol. The maximum Gasteiger partial charge on any atom is 0.0230 e. The lowest BCUT2D eigenvalue weighted by Gasteiger charge is -2.39. The Balaban J connectivity index is 2.47. The topological polar surface area (TPSA) is 0 Å². The Labute approximate surface area is 85.3 Å². The zero-order valence-corrected chi connectivity index (χ0v) is 10.4. The van der Waals surface area contributed by atoms with Crippen LogP contribution in [0.15, 0.2) is 0 Å². The predicted octanol–water partition coefficient (Wildman–Crippen LogP) is 4.38. The van der Waals surface area contributed by atoms with Crippen LogP contribution in [0.25, 0.3) is 0 Å². The van der Waals surface area contributed by atoms with Crippen LogP contribution in [0.1, 0.15) is 53.4 Å². The van der Waals surface area contributed by atoms with Gasteiger partial charge in [-0.15, -0.1) is 0 Å². The van der Waals surface area contributed by atoms with Gasteiger partial charge in [-0.1, -0.05) is 36.7 Å². The first kappa shape index (κ1) is 10.6. The molecule has 1 saturated carbocycles. The van der Waals surface area contributed by atoms with Crippen LogP contribution in [-0.4, -0.2) is 4.32 Å². The number of halogens is 1. The minimum absolute atomic E-state index is 0.439. The fourth-order valence-corrected chi connectivity index (χ4v) is 2.54. The molecule has 1 rings (SSSR count). The fourth-order valence-electron chi connectivity index (χ4n) is 2.09. The summed E-state index contributed by atoms with van der Waals surface area (Å²) in [6, 6.07) is 0. The van der Waals surface area contributed by atoms with E-state index in [9.17, 15) is 0 Å². The highest BCUT2D eigenvalue weighted by atomic mass is 79.9. The third-order valence-corrected chi connectivity index (χ3v) is 4.05. The van der Waals surface area contributed by atoms with Crippen LogP contribution in [0.3, 0.4) is 0 Å². The quantitative estimate of drug-likeness (QED) is 0.545. The highest BCUT2D eigenvalue weighted by molar-refractivity contribution is 9.10. The first-order chi connectivity index (χ1) is 5.31. The lowest BCUT2D eigenvalue weighted by Crippen LogP contribution is -2.30. The summed E-state index contributed by atoms with van der Waals surface area (Å²) in [4.78, 5) is 0. The summed E-state index contributed by atoms with van der Waals surface area (Å²) in [6.45, 7) is 9.43. The van der Waals surface area contributed by atoms with Gasteiger partial charge in [-0.25, -0.2) is 0 Å². The van der Waals surface area contributed by atoms with Gasteiger partial charge >= 0.3 is 0 Å². The van der Waals surface area contributed by atoms with Crippen molar-refractivity contribution in [1.29, 1.82) is 0 Å². The second-order valence-electron chi connectivity index (χ2n) is 5.55. The Kier molecular flexibility index (Phi) is 2.92. The summed E-state index contributed by atoms with van der Waals surface area (Å²) in [5, 5.41) is 0. The van der Waals surface area contributed by atoms with Crippen molar-refractivity contribution in [2.24, 2.45) is 11.3 Å². The molecule has 1 heteroatoms. The zero-order valence-electron chi connectivity index (χ0n) is 8.78. The molecule has 0 amide bonds. The summed E-state index contributed by atoms with van der Waals surface area (Å²) < 4.78 is 0.439. The molecule has 0 nitrogen and oxygen atoms in total. The molecule has 0 aromatic heterocycles. The zero-order chi connectivity index (χ0) is 9.41. The summed E-state index contributed by atoms with van der Waals surface area (Å²) in [7, 11) is 0. The van der Waals surface area contributed by atoms with E-state index in [0.717, 1.165) is 5.92 Å². The molecule has 1 aliphatic carbocycles. The molecule has 0 aromatic carbocycles. The summed E-state index contributed by atoms with van der Waals surface area (Å²) in [5.74, 6) is 0.933. The second kappa shape index (κ2) is 3.32. The summed E-state index contributed by atoms with van der Waals surface area (Å²) in [6.07, 6.45) is 5.47. The fraction of sp³-hybridized carbons (Fsp3) is 1.00. The molecule has 0 N–H and O–H groups in total. The summed E-state index contributed by atoms with van der Waals surface area (Å²) >= 11 is 3.79. The molecule has 0 spiro atoms. The molecule has 0 radical (unpaired) electrons. The van der Waals surface area contributed by atoms with E-state index in [0.29, 0.717) is 9.74 Å². The second-order valence-corrected chi connectivity index (χ2v) is 7.47. The Morgan fingerprint density at radius 2 is 1.58 bits per heavy atom. The molecule has 12 heavy (non-hydrogen) atoms. The standard InChI is InChI=1S/C11H21Br/c1-10(2,3)9-5-7-11(4,12)8-6-9/h9H,5-8H2,1-4H3. The average Bonchev–Trinajstić information content (AvgIpc) is 1.83. The van der Waals surface area contributed by atoms with Gasteiger partial charge in [-0.05, 0) is 43.9 Å². The first-order valence-corrected chi connectivity index (χ1v) is 5.79. The van der Waals surface area contributed by atoms with Gasteiger partial charge < -0.3 is 0 Å². The Hall–Kier alpha value is 0.480. The summed E-state index contributed by atoms with van der Waals surface area (Å²) in [5.41, 5.74) is 0.517. The van der Waals surface area contributed by atoms with E-state index < -0.39 is 0 Å². The molecule has 0 aliphatic heterocycles. The Bertz CT molecular complexity index is 143. The van der Waals surface area contributed by atoms with Crippen LogP contribution >= 0.6 is 15.9 Å². The van der Waals surface area contributed by atoms with Crippen molar-refractivity contribution in [2.75, 3.05) is 0 Å². The highest BCUT2D eigenvalue weighted by Crippen LogP contribution is 2.44. The van der Waals surface area contributed by atoms with E-state index in [1.807, 2.05) is 0 Å². The number of rotatable bonds is 0. The van der Waals surface area contributed by atoms with Crippen LogP contribution in [0, 0.1) is 11.3 Å². The van der Waals surface area contributed by atoms with Crippen molar-refractivity contribution >= 4 is 15.9 Å². The molecule has 0 bridgehead atoms. The Morgan fingerprint density at radius 3 is 1.92 bits per heavy atom. The first-order valence-electron chi connectivity index (χ1n) is 5.00. The highest BCUT2D eigenvalue weighted by Gasteiger charge is 2.33. The van der Waals surface area contributed by atoms with Crippen molar-refractivity contribution in [3.05, 3.63) is 0 Å². The minimum Gasteiger partial charge on any atom is -0.0856 e. The van der Waals surface area contributed by atoms with E-state index in [2.05, 4.69) is 43.6 Å². The van der Waals surface area contributed by atoms with E-state index in [1.54, 1.807) is 0 Å². The van der Waals surface area contributed by atoms with Gasteiger partial charge in [0.05, 0.1) is 0 Å². The van der Waals surface area contributed by atoms with Crippen molar-refractivity contribution in [3.8, 4) is 0 Å². The molecule has 0 unspecified atom stereocenters. The normalized spacial score (nSPS) is 38.2. The number of hydrogen-bond acceptors (Lipinski definition) is 0. The lowest BCUT2D eigenvalue weighted by atomic mass is 9.70. The van der Waals surface area contributed by atoms with Gasteiger partial charge in [-0.3, -0.25) is 0 Å². The maximum absolute atomic E-state index is 3.79. The van der Waals surface area contributed by atoms with Crippen molar-refractivity contribution in [1.82, 2.24) is 0 Å². The monoisotopic (exact) mass is 232 g/mol. The van der Waals surface area contributed by atoms with Gasteiger partial charge in [0.15, 0.2) is 0 Å². The van der Waals surface area contributed by atoms with Crippen LogP contribution in [-0.2, 0) is 0 Å². The van der Waals surface area contributed by atoms with Gasteiger partial charge in [0.1, 0.15) is 0 Å². The van der Waals surface area contributed by atoms with Gasteiger partial charge in [0, 0.05) is 4.32 Å². The van der Waals surface area contributed by atoms with E-state index in [4.69, 9.17) is 0 Å². The van der Waals surface area contributed by atoms with Crippen LogP contribution in [0.2, 0.25) is 0 Å². The smallest absolute Gasteiger partial charge is 0.0230 e. The number of hydrogen-bond donors (Lipinski definition) is 0. The van der Waals surface area contributed by atoms with Gasteiger partial charge in [0.25, 0.3) is 0 Å². The minimum atomic E-state index is 0.439. The molecule has 1 aliphatic rings. The molecule has 1 fully saturated rings. The van der Waals surface area contributed by atoms with E-state index >= 15 is 0 Å². The third-order valence-electron chi connectivity index (χ3n) is 3.25. The maximum atomic E-state index is 3.79. The molecule has 0 aromatic rings. The largest absolute Gasteiger partial charge is 0.0856 e. The van der Waals surface area contributed by atoms with Crippen LogP contribution in [0.5, 0.6) is 0 Å². The Morgan fingerprint density at radius 1 is 1.17 bits per heavy atom. The van der Waals surface area contributed by atoms with Gasteiger partial charge in [-0.2, -0.15) is 0 Å². The van der Waals surface area contributed by atoms with Crippen molar-refractivity contribution < 1.29 is 0 Å². The molecule has 0 heterocycles. The lowest BCUT2D eigenvalue weighted by molar-refractivity contribution is 0.167. The molecule has 72 valence electrons. The van der Waals surface area contributed by atoms with Crippen LogP contribution < -0.4 is 0 Å². The number of alkyl halides is 1. The van der Waals surface area contributed by atoms with Gasteiger partial charge in [0.2, 0.25) is 0 Å². The SMILES string of the molecule is CC1(Br)CCC(C(C)(C)C)CC1. The molecular formula is C11H21Br. The van der Waals surface area contributed by atoms with Crippen molar-refractivity contribution in [2.45, 2.75) is 57.7 Å². The molecular weight excluding hydrogens is 212 g/mol. The van der Waals surface area contributed by atoms with Crippen LogP contribution in [0.4, 0.5) is 0 Å². The molecule has 0 saturated heterocycles. The van der Waals surface area contributed by atoms with Crippen molar-refractivity contribution in [3.63, 3.8) is 0 Å². The average molecular weight is 233 g/mol. The van der Waals surface area contributed by atoms with E-state index in [-0.39, 0.29) is 0 Å². The van der Waals surface area contributed by atoms with E-state index in [1.165, 1.54) is 25.7 Å².